The second-order valence-electron chi connectivity index (χ2n) is 5.24. The number of hydrogen-bond donors (Lipinski definition) is 1. The maximum Gasteiger partial charge on any atom is 0.0242 e. The Morgan fingerprint density at radius 3 is 2.47 bits per heavy atom. The Bertz CT molecular complexity index is 355. The first-order valence-electron chi connectivity index (χ1n) is 6.87. The first-order chi connectivity index (χ1) is 9.09. The molecule has 0 radical (unpaired) electrons. The van der Waals surface area contributed by atoms with Gasteiger partial charge in [0.05, 0.1) is 0 Å². The van der Waals surface area contributed by atoms with Gasteiger partial charge in [0.2, 0.25) is 0 Å². The maximum absolute atomic E-state index is 3.59. The van der Waals surface area contributed by atoms with Crippen LogP contribution in [0.4, 0.5) is 0 Å². The van der Waals surface area contributed by atoms with Crippen LogP contribution in [0.15, 0.2) is 28.7 Å². The number of halogens is 1. The zero-order valence-corrected chi connectivity index (χ0v) is 13.9. The Labute approximate surface area is 126 Å². The molecule has 0 aliphatic carbocycles. The molecule has 0 spiro atoms. The smallest absolute Gasteiger partial charge is 0.0242 e. The minimum atomic E-state index is 0.987. The Morgan fingerprint density at radius 2 is 1.79 bits per heavy atom. The SMILES string of the molecule is CN(C)CCCNCCN(C)Cc1ccccc1Br. The monoisotopic (exact) mass is 327 g/mol. The van der Waals surface area contributed by atoms with Crippen molar-refractivity contribution in [2.24, 2.45) is 0 Å². The van der Waals surface area contributed by atoms with E-state index in [9.17, 15) is 0 Å². The molecule has 3 nitrogen and oxygen atoms in total. The molecule has 0 amide bonds. The lowest BCUT2D eigenvalue weighted by Crippen LogP contribution is -2.30. The van der Waals surface area contributed by atoms with E-state index >= 15 is 0 Å². The van der Waals surface area contributed by atoms with Gasteiger partial charge in [-0.15, -0.1) is 0 Å². The van der Waals surface area contributed by atoms with Crippen molar-refractivity contribution < 1.29 is 0 Å². The van der Waals surface area contributed by atoms with Crippen molar-refractivity contribution in [3.63, 3.8) is 0 Å². The molecular weight excluding hydrogens is 302 g/mol. The van der Waals surface area contributed by atoms with Gasteiger partial charge in [-0.25, -0.2) is 0 Å². The summed E-state index contributed by atoms with van der Waals surface area (Å²) in [5.74, 6) is 0. The molecular formula is C15H26BrN3. The van der Waals surface area contributed by atoms with E-state index in [2.05, 4.69) is 76.5 Å². The normalized spacial score (nSPS) is 11.5. The standard InChI is InChI=1S/C15H26BrN3/c1-18(2)11-6-9-17-10-12-19(3)13-14-7-4-5-8-15(14)16/h4-5,7-8,17H,6,9-13H2,1-3H3. The third-order valence-electron chi connectivity index (χ3n) is 3.03. The number of likely N-dealkylation sites (N-methyl/N-ethyl adjacent to an activating group) is 1. The van der Waals surface area contributed by atoms with Crippen molar-refractivity contribution in [3.8, 4) is 0 Å². The van der Waals surface area contributed by atoms with Crippen molar-refractivity contribution >= 4 is 15.9 Å². The lowest BCUT2D eigenvalue weighted by Gasteiger charge is -2.18. The van der Waals surface area contributed by atoms with Crippen LogP contribution in [-0.4, -0.2) is 57.1 Å². The zero-order valence-electron chi connectivity index (χ0n) is 12.3. The van der Waals surface area contributed by atoms with Crippen molar-refractivity contribution in [2.75, 3.05) is 47.3 Å². The van der Waals surface area contributed by atoms with E-state index in [-0.39, 0.29) is 0 Å². The minimum Gasteiger partial charge on any atom is -0.315 e. The highest BCUT2D eigenvalue weighted by Crippen LogP contribution is 2.16. The van der Waals surface area contributed by atoms with Gasteiger partial charge in [0.1, 0.15) is 0 Å². The summed E-state index contributed by atoms with van der Waals surface area (Å²) in [4.78, 5) is 4.57. The highest BCUT2D eigenvalue weighted by atomic mass is 79.9. The summed E-state index contributed by atoms with van der Waals surface area (Å²) in [5.41, 5.74) is 1.35. The fourth-order valence-corrected chi connectivity index (χ4v) is 2.32. The summed E-state index contributed by atoms with van der Waals surface area (Å²) >= 11 is 3.59. The van der Waals surface area contributed by atoms with Crippen molar-refractivity contribution in [1.29, 1.82) is 0 Å². The van der Waals surface area contributed by atoms with Crippen LogP contribution in [-0.2, 0) is 6.54 Å². The zero-order chi connectivity index (χ0) is 14.1. The van der Waals surface area contributed by atoms with Gasteiger partial charge in [0.15, 0.2) is 0 Å². The van der Waals surface area contributed by atoms with Crippen LogP contribution in [0.3, 0.4) is 0 Å². The van der Waals surface area contributed by atoms with Crippen molar-refractivity contribution in [2.45, 2.75) is 13.0 Å². The molecule has 0 aromatic heterocycles. The van der Waals surface area contributed by atoms with Crippen LogP contribution < -0.4 is 5.32 Å². The summed E-state index contributed by atoms with van der Waals surface area (Å²) in [6.07, 6.45) is 1.21. The molecule has 0 aliphatic heterocycles. The van der Waals surface area contributed by atoms with Crippen LogP contribution >= 0.6 is 15.9 Å². The number of nitrogens with one attached hydrogen (secondary N) is 1. The highest BCUT2D eigenvalue weighted by Gasteiger charge is 2.03. The summed E-state index contributed by atoms with van der Waals surface area (Å²) in [6, 6.07) is 8.42. The highest BCUT2D eigenvalue weighted by molar-refractivity contribution is 9.10. The maximum atomic E-state index is 3.59. The van der Waals surface area contributed by atoms with Gasteiger partial charge >= 0.3 is 0 Å². The third kappa shape index (κ3) is 7.67. The molecule has 0 fully saturated rings. The number of hydrogen-bond acceptors (Lipinski definition) is 3. The van der Waals surface area contributed by atoms with Crippen molar-refractivity contribution in [3.05, 3.63) is 34.3 Å². The van der Waals surface area contributed by atoms with Gasteiger partial charge < -0.3 is 15.1 Å². The van der Waals surface area contributed by atoms with Crippen LogP contribution in [0.2, 0.25) is 0 Å². The molecule has 4 heteroatoms. The predicted molar refractivity (Wildman–Crippen MR) is 86.5 cm³/mol. The van der Waals surface area contributed by atoms with Crippen LogP contribution in [0.1, 0.15) is 12.0 Å². The fraction of sp³-hybridized carbons (Fsp3) is 0.600. The quantitative estimate of drug-likeness (QED) is 0.703. The Hall–Kier alpha value is -0.420. The van der Waals surface area contributed by atoms with Crippen LogP contribution in [0.5, 0.6) is 0 Å². The second-order valence-corrected chi connectivity index (χ2v) is 6.09. The number of rotatable bonds is 9. The van der Waals surface area contributed by atoms with E-state index in [0.717, 1.165) is 32.7 Å². The fourth-order valence-electron chi connectivity index (χ4n) is 1.91. The summed E-state index contributed by atoms with van der Waals surface area (Å²) in [6.45, 7) is 5.36. The average molecular weight is 328 g/mol. The summed E-state index contributed by atoms with van der Waals surface area (Å²) in [5, 5.41) is 3.49. The molecule has 0 unspecified atom stereocenters. The van der Waals surface area contributed by atoms with E-state index in [1.807, 2.05) is 0 Å². The molecule has 0 heterocycles. The third-order valence-corrected chi connectivity index (χ3v) is 3.80. The Balaban J connectivity index is 2.11. The molecule has 0 atom stereocenters. The van der Waals surface area contributed by atoms with E-state index in [4.69, 9.17) is 0 Å². The predicted octanol–water partition coefficient (Wildman–Crippen LogP) is 2.42. The molecule has 1 aromatic carbocycles. The molecule has 19 heavy (non-hydrogen) atoms. The van der Waals surface area contributed by atoms with Gasteiger partial charge in [0.25, 0.3) is 0 Å². The first kappa shape index (κ1) is 16.6. The van der Waals surface area contributed by atoms with Gasteiger partial charge in [-0.3, -0.25) is 0 Å². The number of benzene rings is 1. The molecule has 108 valence electrons. The van der Waals surface area contributed by atoms with E-state index < -0.39 is 0 Å². The first-order valence-corrected chi connectivity index (χ1v) is 7.66. The largest absolute Gasteiger partial charge is 0.315 e. The Kier molecular flexibility index (Phi) is 8.30. The average Bonchev–Trinajstić information content (AvgIpc) is 2.36. The van der Waals surface area contributed by atoms with Crippen LogP contribution in [0.25, 0.3) is 0 Å². The van der Waals surface area contributed by atoms with Gasteiger partial charge in [-0.2, -0.15) is 0 Å². The molecule has 1 rings (SSSR count). The minimum absolute atomic E-state index is 0.987. The lowest BCUT2D eigenvalue weighted by atomic mass is 10.2. The van der Waals surface area contributed by atoms with Gasteiger partial charge in [0, 0.05) is 24.1 Å². The number of nitrogens with zero attached hydrogens (tertiary/aromatic N) is 2. The van der Waals surface area contributed by atoms with Gasteiger partial charge in [-0.1, -0.05) is 34.1 Å². The second kappa shape index (κ2) is 9.48. The molecule has 0 saturated carbocycles. The summed E-state index contributed by atoms with van der Waals surface area (Å²) in [7, 11) is 6.40. The molecule has 1 aromatic rings. The van der Waals surface area contributed by atoms with E-state index in [1.165, 1.54) is 16.5 Å². The molecule has 1 N–H and O–H groups in total. The van der Waals surface area contributed by atoms with Crippen LogP contribution in [0, 0.1) is 0 Å². The molecule has 0 saturated heterocycles. The van der Waals surface area contributed by atoms with E-state index in [0.29, 0.717) is 0 Å². The summed E-state index contributed by atoms with van der Waals surface area (Å²) < 4.78 is 1.20. The lowest BCUT2D eigenvalue weighted by molar-refractivity contribution is 0.321. The Morgan fingerprint density at radius 1 is 1.05 bits per heavy atom. The van der Waals surface area contributed by atoms with Crippen molar-refractivity contribution in [1.82, 2.24) is 15.1 Å². The molecule has 0 bridgehead atoms. The van der Waals surface area contributed by atoms with Gasteiger partial charge in [-0.05, 0) is 52.3 Å². The van der Waals surface area contributed by atoms with E-state index in [1.54, 1.807) is 0 Å². The molecule has 0 aliphatic rings. The topological polar surface area (TPSA) is 18.5 Å².